The number of nitrogens with zero attached hydrogens (tertiary/aromatic N) is 2. The fraction of sp³-hybridized carbons (Fsp3) is 0.250. The molecule has 0 spiro atoms. The SMILES string of the molecule is COCCCc1cc(=O)n2[nH]c(-c3cccc(F)c3)cc2n1. The summed E-state index contributed by atoms with van der Waals surface area (Å²) in [6.07, 6.45) is 1.49. The summed E-state index contributed by atoms with van der Waals surface area (Å²) in [4.78, 5) is 16.6. The van der Waals surface area contributed by atoms with Crippen molar-refractivity contribution < 1.29 is 9.13 Å². The summed E-state index contributed by atoms with van der Waals surface area (Å²) in [6.45, 7) is 0.628. The Morgan fingerprint density at radius 3 is 2.95 bits per heavy atom. The number of rotatable bonds is 5. The van der Waals surface area contributed by atoms with Crippen molar-refractivity contribution in [2.45, 2.75) is 12.8 Å². The van der Waals surface area contributed by atoms with Gasteiger partial charge in [0.05, 0.1) is 5.69 Å². The van der Waals surface area contributed by atoms with Crippen LogP contribution in [0.25, 0.3) is 16.9 Å². The molecule has 0 saturated heterocycles. The number of fused-ring (bicyclic) bond motifs is 1. The van der Waals surface area contributed by atoms with E-state index in [0.717, 1.165) is 12.1 Å². The molecule has 3 aromatic rings. The maximum absolute atomic E-state index is 13.3. The van der Waals surface area contributed by atoms with Gasteiger partial charge in [-0.25, -0.2) is 13.9 Å². The van der Waals surface area contributed by atoms with Crippen molar-refractivity contribution in [1.82, 2.24) is 14.6 Å². The van der Waals surface area contributed by atoms with Crippen LogP contribution < -0.4 is 5.56 Å². The molecule has 0 aliphatic rings. The first-order valence-corrected chi connectivity index (χ1v) is 7.04. The van der Waals surface area contributed by atoms with E-state index in [1.807, 2.05) is 0 Å². The molecule has 1 aromatic carbocycles. The quantitative estimate of drug-likeness (QED) is 0.736. The van der Waals surface area contributed by atoms with Crippen LogP contribution in [0.3, 0.4) is 0 Å². The Labute approximate surface area is 126 Å². The Hall–Kier alpha value is -2.47. The van der Waals surface area contributed by atoms with Gasteiger partial charge in [0.25, 0.3) is 5.56 Å². The molecular weight excluding hydrogens is 285 g/mol. The van der Waals surface area contributed by atoms with Crippen molar-refractivity contribution >= 4 is 5.65 Å². The summed E-state index contributed by atoms with van der Waals surface area (Å²) in [5, 5.41) is 2.95. The zero-order valence-corrected chi connectivity index (χ0v) is 12.2. The van der Waals surface area contributed by atoms with Crippen LogP contribution in [-0.2, 0) is 11.2 Å². The molecule has 2 heterocycles. The minimum absolute atomic E-state index is 0.180. The molecule has 0 aliphatic carbocycles. The second-order valence-corrected chi connectivity index (χ2v) is 5.06. The number of halogens is 1. The lowest BCUT2D eigenvalue weighted by molar-refractivity contribution is 0.195. The van der Waals surface area contributed by atoms with E-state index in [-0.39, 0.29) is 11.4 Å². The fourth-order valence-electron chi connectivity index (χ4n) is 2.37. The largest absolute Gasteiger partial charge is 0.385 e. The third-order valence-electron chi connectivity index (χ3n) is 3.42. The number of hydrogen-bond acceptors (Lipinski definition) is 3. The van der Waals surface area contributed by atoms with Crippen molar-refractivity contribution in [1.29, 1.82) is 0 Å². The molecule has 114 valence electrons. The highest BCUT2D eigenvalue weighted by Crippen LogP contribution is 2.19. The number of ether oxygens (including phenoxy) is 1. The Morgan fingerprint density at radius 2 is 2.18 bits per heavy atom. The molecule has 22 heavy (non-hydrogen) atoms. The number of aromatic amines is 1. The Kier molecular flexibility index (Phi) is 4.02. The minimum atomic E-state index is -0.322. The Balaban J connectivity index is 1.99. The highest BCUT2D eigenvalue weighted by molar-refractivity contribution is 5.63. The van der Waals surface area contributed by atoms with Crippen LogP contribution in [0.2, 0.25) is 0 Å². The molecule has 0 fully saturated rings. The molecule has 0 saturated carbocycles. The summed E-state index contributed by atoms with van der Waals surface area (Å²) >= 11 is 0. The van der Waals surface area contributed by atoms with E-state index in [9.17, 15) is 9.18 Å². The van der Waals surface area contributed by atoms with E-state index in [4.69, 9.17) is 4.74 Å². The van der Waals surface area contributed by atoms with Gasteiger partial charge in [0.1, 0.15) is 5.82 Å². The maximum Gasteiger partial charge on any atom is 0.272 e. The first-order valence-electron chi connectivity index (χ1n) is 7.04. The average Bonchev–Trinajstić information content (AvgIpc) is 2.92. The Bertz CT molecular complexity index is 854. The number of aromatic nitrogens is 3. The number of aryl methyl sites for hydroxylation is 1. The molecule has 0 unspecified atom stereocenters. The molecule has 1 N–H and O–H groups in total. The van der Waals surface area contributed by atoms with Gasteiger partial charge in [0.15, 0.2) is 5.65 Å². The van der Waals surface area contributed by atoms with Gasteiger partial charge in [-0.1, -0.05) is 12.1 Å². The normalized spacial score (nSPS) is 11.2. The van der Waals surface area contributed by atoms with Gasteiger partial charge in [-0.15, -0.1) is 0 Å². The zero-order chi connectivity index (χ0) is 15.5. The first-order chi connectivity index (χ1) is 10.7. The van der Waals surface area contributed by atoms with Gasteiger partial charge >= 0.3 is 0 Å². The highest BCUT2D eigenvalue weighted by Gasteiger charge is 2.08. The van der Waals surface area contributed by atoms with Gasteiger partial charge in [-0.05, 0) is 25.0 Å². The lowest BCUT2D eigenvalue weighted by Gasteiger charge is -2.00. The van der Waals surface area contributed by atoms with Crippen molar-refractivity contribution in [2.24, 2.45) is 0 Å². The second-order valence-electron chi connectivity index (χ2n) is 5.06. The summed E-state index contributed by atoms with van der Waals surface area (Å²) in [7, 11) is 1.64. The van der Waals surface area contributed by atoms with E-state index in [1.165, 1.54) is 22.7 Å². The summed E-state index contributed by atoms with van der Waals surface area (Å²) in [6, 6.07) is 9.45. The molecule has 0 atom stereocenters. The number of benzene rings is 1. The van der Waals surface area contributed by atoms with E-state index in [0.29, 0.717) is 29.9 Å². The predicted octanol–water partition coefficient (Wildman–Crippen LogP) is 2.41. The monoisotopic (exact) mass is 301 g/mol. The van der Waals surface area contributed by atoms with E-state index >= 15 is 0 Å². The lowest BCUT2D eigenvalue weighted by atomic mass is 10.1. The predicted molar refractivity (Wildman–Crippen MR) is 81.4 cm³/mol. The van der Waals surface area contributed by atoms with E-state index < -0.39 is 0 Å². The zero-order valence-electron chi connectivity index (χ0n) is 12.2. The van der Waals surface area contributed by atoms with Gasteiger partial charge < -0.3 is 4.74 Å². The van der Waals surface area contributed by atoms with Crippen LogP contribution in [0.1, 0.15) is 12.1 Å². The molecule has 0 radical (unpaired) electrons. The van der Waals surface area contributed by atoms with Crippen LogP contribution >= 0.6 is 0 Å². The number of hydrogen-bond donors (Lipinski definition) is 1. The minimum Gasteiger partial charge on any atom is -0.385 e. The smallest absolute Gasteiger partial charge is 0.272 e. The molecule has 3 rings (SSSR count). The van der Waals surface area contributed by atoms with Gasteiger partial charge in [-0.3, -0.25) is 9.89 Å². The summed E-state index contributed by atoms with van der Waals surface area (Å²) < 4.78 is 19.7. The summed E-state index contributed by atoms with van der Waals surface area (Å²) in [5.74, 6) is -0.322. The van der Waals surface area contributed by atoms with Crippen LogP contribution in [0.4, 0.5) is 4.39 Å². The summed E-state index contributed by atoms with van der Waals surface area (Å²) in [5.41, 5.74) is 2.40. The Morgan fingerprint density at radius 1 is 1.32 bits per heavy atom. The van der Waals surface area contributed by atoms with E-state index in [1.54, 1.807) is 25.3 Å². The number of H-pyrrole nitrogens is 1. The van der Waals surface area contributed by atoms with E-state index in [2.05, 4.69) is 10.1 Å². The average molecular weight is 301 g/mol. The van der Waals surface area contributed by atoms with Crippen molar-refractivity contribution in [3.63, 3.8) is 0 Å². The fourth-order valence-corrected chi connectivity index (χ4v) is 2.37. The van der Waals surface area contributed by atoms with Gasteiger partial charge in [0, 0.05) is 37.1 Å². The van der Waals surface area contributed by atoms with Crippen LogP contribution in [-0.4, -0.2) is 28.3 Å². The molecular formula is C16H16FN3O2. The van der Waals surface area contributed by atoms with Crippen LogP contribution in [0.5, 0.6) is 0 Å². The second kappa shape index (κ2) is 6.11. The van der Waals surface area contributed by atoms with Gasteiger partial charge in [0.2, 0.25) is 0 Å². The third-order valence-corrected chi connectivity index (χ3v) is 3.42. The number of methoxy groups -OCH3 is 1. The van der Waals surface area contributed by atoms with Crippen molar-refractivity contribution in [3.05, 3.63) is 58.3 Å². The molecule has 0 aliphatic heterocycles. The molecule has 2 aromatic heterocycles. The van der Waals surface area contributed by atoms with Crippen molar-refractivity contribution in [3.8, 4) is 11.3 Å². The van der Waals surface area contributed by atoms with Crippen LogP contribution in [0, 0.1) is 5.82 Å². The van der Waals surface area contributed by atoms with Crippen molar-refractivity contribution in [2.75, 3.05) is 13.7 Å². The topological polar surface area (TPSA) is 59.4 Å². The number of nitrogens with one attached hydrogen (secondary N) is 1. The van der Waals surface area contributed by atoms with Crippen LogP contribution in [0.15, 0.2) is 41.2 Å². The molecule has 0 bridgehead atoms. The molecule has 5 nitrogen and oxygen atoms in total. The van der Waals surface area contributed by atoms with Gasteiger partial charge in [-0.2, -0.15) is 0 Å². The first kappa shape index (κ1) is 14.5. The standard InChI is InChI=1S/C16H16FN3O2/c1-22-7-3-6-13-9-16(21)20-15(18-13)10-14(19-20)11-4-2-5-12(17)8-11/h2,4-5,8-10,19H,3,6-7H2,1H3. The molecule has 6 heteroatoms. The lowest BCUT2D eigenvalue weighted by Crippen LogP contribution is -2.15. The molecule has 0 amide bonds. The highest BCUT2D eigenvalue weighted by atomic mass is 19.1. The maximum atomic E-state index is 13.3. The third kappa shape index (κ3) is 2.92.